The molecule has 0 N–H and O–H groups in total. The number of methoxy groups -OCH3 is 2. The van der Waals surface area contributed by atoms with Gasteiger partial charge in [-0.15, -0.1) is 0 Å². The smallest absolute Gasteiger partial charge is 0.231 e. The fourth-order valence-corrected chi connectivity index (χ4v) is 3.44. The Labute approximate surface area is 143 Å². The lowest BCUT2D eigenvalue weighted by Gasteiger charge is -2.12. The minimum atomic E-state index is 0.253. The fraction of sp³-hybridized carbons (Fsp3) is 0.150. The summed E-state index contributed by atoms with van der Waals surface area (Å²) in [6, 6.07) is 12.1. The number of hydrogen-bond acceptors (Lipinski definition) is 5. The second kappa shape index (κ2) is 5.14. The van der Waals surface area contributed by atoms with Gasteiger partial charge >= 0.3 is 0 Å². The van der Waals surface area contributed by atoms with Gasteiger partial charge in [0.1, 0.15) is 0 Å². The lowest BCUT2D eigenvalue weighted by atomic mass is 9.99. The van der Waals surface area contributed by atoms with Crippen LogP contribution in [-0.4, -0.2) is 26.0 Å². The summed E-state index contributed by atoms with van der Waals surface area (Å²) in [7, 11) is 3.28. The van der Waals surface area contributed by atoms with E-state index in [1.54, 1.807) is 14.2 Å². The Morgan fingerprint density at radius 2 is 1.56 bits per heavy atom. The van der Waals surface area contributed by atoms with E-state index in [2.05, 4.69) is 17.1 Å². The molecule has 0 amide bonds. The molecule has 0 saturated carbocycles. The van der Waals surface area contributed by atoms with E-state index in [0.717, 1.165) is 43.9 Å². The van der Waals surface area contributed by atoms with E-state index in [0.29, 0.717) is 11.5 Å². The van der Waals surface area contributed by atoms with Crippen molar-refractivity contribution in [3.8, 4) is 23.0 Å². The third-order valence-electron chi connectivity index (χ3n) is 4.68. The van der Waals surface area contributed by atoms with Gasteiger partial charge in [0.15, 0.2) is 23.0 Å². The minimum absolute atomic E-state index is 0.253. The summed E-state index contributed by atoms with van der Waals surface area (Å²) in [6.07, 6.45) is 1.90. The highest BCUT2D eigenvalue weighted by Crippen LogP contribution is 2.40. The Morgan fingerprint density at radius 3 is 2.36 bits per heavy atom. The van der Waals surface area contributed by atoms with Crippen molar-refractivity contribution < 1.29 is 18.9 Å². The normalized spacial score (nSPS) is 12.9. The van der Waals surface area contributed by atoms with Gasteiger partial charge in [-0.3, -0.25) is 4.98 Å². The summed E-state index contributed by atoms with van der Waals surface area (Å²) >= 11 is 0. The van der Waals surface area contributed by atoms with Gasteiger partial charge in [0.25, 0.3) is 0 Å². The first-order valence-corrected chi connectivity index (χ1v) is 7.95. The quantitative estimate of drug-likeness (QED) is 0.512. The van der Waals surface area contributed by atoms with Gasteiger partial charge < -0.3 is 18.9 Å². The van der Waals surface area contributed by atoms with Crippen LogP contribution in [0.3, 0.4) is 0 Å². The van der Waals surface area contributed by atoms with Crippen molar-refractivity contribution in [3.05, 3.63) is 42.6 Å². The first-order chi connectivity index (χ1) is 12.3. The third-order valence-corrected chi connectivity index (χ3v) is 4.68. The molecule has 124 valence electrons. The molecule has 5 nitrogen and oxygen atoms in total. The minimum Gasteiger partial charge on any atom is -0.493 e. The highest BCUT2D eigenvalue weighted by Gasteiger charge is 2.17. The SMILES string of the molecule is COc1cc2ccc3c4cc5c(cc4ncc3c2cc1OC)OCO5. The van der Waals surface area contributed by atoms with Gasteiger partial charge in [0.05, 0.1) is 19.7 Å². The maximum absolute atomic E-state index is 5.52. The Balaban J connectivity index is 1.88. The van der Waals surface area contributed by atoms with Gasteiger partial charge in [-0.2, -0.15) is 0 Å². The lowest BCUT2D eigenvalue weighted by Crippen LogP contribution is -1.92. The third kappa shape index (κ3) is 1.99. The highest BCUT2D eigenvalue weighted by molar-refractivity contribution is 6.16. The molecule has 4 aromatic rings. The second-order valence-corrected chi connectivity index (χ2v) is 5.94. The molecule has 25 heavy (non-hydrogen) atoms. The molecule has 3 aromatic carbocycles. The van der Waals surface area contributed by atoms with E-state index in [1.165, 1.54) is 0 Å². The zero-order valence-corrected chi connectivity index (χ0v) is 13.8. The van der Waals surface area contributed by atoms with Crippen molar-refractivity contribution >= 4 is 32.4 Å². The van der Waals surface area contributed by atoms with Gasteiger partial charge in [0, 0.05) is 23.0 Å². The maximum atomic E-state index is 5.52. The molecule has 0 atom stereocenters. The average Bonchev–Trinajstić information content (AvgIpc) is 3.11. The number of nitrogens with zero attached hydrogens (tertiary/aromatic N) is 1. The molecule has 5 rings (SSSR count). The Hall–Kier alpha value is -3.21. The molecule has 0 radical (unpaired) electrons. The van der Waals surface area contributed by atoms with Crippen LogP contribution in [0.15, 0.2) is 42.6 Å². The van der Waals surface area contributed by atoms with E-state index in [1.807, 2.05) is 30.5 Å². The van der Waals surface area contributed by atoms with Gasteiger partial charge in [-0.05, 0) is 34.4 Å². The highest BCUT2D eigenvalue weighted by atomic mass is 16.7. The predicted octanol–water partition coefficient (Wildman–Crippen LogP) is 4.29. The first-order valence-electron chi connectivity index (χ1n) is 7.95. The average molecular weight is 333 g/mol. The molecule has 1 aliphatic rings. The molecule has 1 aromatic heterocycles. The van der Waals surface area contributed by atoms with Crippen LogP contribution in [0, 0.1) is 0 Å². The number of rotatable bonds is 2. The van der Waals surface area contributed by atoms with Gasteiger partial charge in [-0.1, -0.05) is 12.1 Å². The van der Waals surface area contributed by atoms with Gasteiger partial charge in [-0.25, -0.2) is 0 Å². The molecule has 2 heterocycles. The molecular weight excluding hydrogens is 318 g/mol. The monoisotopic (exact) mass is 333 g/mol. The number of benzene rings is 3. The maximum Gasteiger partial charge on any atom is 0.231 e. The number of hydrogen-bond donors (Lipinski definition) is 0. The van der Waals surface area contributed by atoms with Crippen LogP contribution in [0.4, 0.5) is 0 Å². The Bertz CT molecular complexity index is 1150. The van der Waals surface area contributed by atoms with Crippen molar-refractivity contribution in [3.63, 3.8) is 0 Å². The summed E-state index contributed by atoms with van der Waals surface area (Å²) in [5.74, 6) is 2.92. The van der Waals surface area contributed by atoms with Crippen LogP contribution < -0.4 is 18.9 Å². The van der Waals surface area contributed by atoms with Crippen LogP contribution in [0.1, 0.15) is 0 Å². The van der Waals surface area contributed by atoms with Crippen LogP contribution in [0.25, 0.3) is 32.4 Å². The number of aromatic nitrogens is 1. The Kier molecular flexibility index (Phi) is 2.91. The number of pyridine rings is 1. The summed E-state index contributed by atoms with van der Waals surface area (Å²) in [5, 5.41) is 5.36. The molecule has 0 spiro atoms. The summed E-state index contributed by atoms with van der Waals surface area (Å²) in [5.41, 5.74) is 0.886. The molecular formula is C20H15NO4. The summed E-state index contributed by atoms with van der Waals surface area (Å²) in [4.78, 5) is 4.63. The van der Waals surface area contributed by atoms with Crippen molar-refractivity contribution in [1.29, 1.82) is 0 Å². The van der Waals surface area contributed by atoms with E-state index in [4.69, 9.17) is 18.9 Å². The molecule has 1 aliphatic heterocycles. The van der Waals surface area contributed by atoms with Crippen molar-refractivity contribution in [2.24, 2.45) is 0 Å². The summed E-state index contributed by atoms with van der Waals surface area (Å²) < 4.78 is 21.8. The molecule has 5 heteroatoms. The molecule has 0 bridgehead atoms. The zero-order valence-electron chi connectivity index (χ0n) is 13.8. The van der Waals surface area contributed by atoms with Crippen molar-refractivity contribution in [2.45, 2.75) is 0 Å². The van der Waals surface area contributed by atoms with Crippen LogP contribution in [0.5, 0.6) is 23.0 Å². The van der Waals surface area contributed by atoms with Crippen LogP contribution >= 0.6 is 0 Å². The fourth-order valence-electron chi connectivity index (χ4n) is 3.44. The molecule has 0 unspecified atom stereocenters. The lowest BCUT2D eigenvalue weighted by molar-refractivity contribution is 0.174. The van der Waals surface area contributed by atoms with E-state index in [9.17, 15) is 0 Å². The predicted molar refractivity (Wildman–Crippen MR) is 96.0 cm³/mol. The topological polar surface area (TPSA) is 49.8 Å². The number of fused-ring (bicyclic) bond motifs is 6. The van der Waals surface area contributed by atoms with Crippen molar-refractivity contribution in [1.82, 2.24) is 4.98 Å². The molecule has 0 fully saturated rings. The van der Waals surface area contributed by atoms with E-state index in [-0.39, 0.29) is 6.79 Å². The van der Waals surface area contributed by atoms with Gasteiger partial charge in [0.2, 0.25) is 6.79 Å². The largest absolute Gasteiger partial charge is 0.493 e. The van der Waals surface area contributed by atoms with E-state index < -0.39 is 0 Å². The van der Waals surface area contributed by atoms with Crippen LogP contribution in [-0.2, 0) is 0 Å². The summed E-state index contributed by atoms with van der Waals surface area (Å²) in [6.45, 7) is 0.253. The standard InChI is InChI=1S/C20H15NO4/c1-22-17-5-11-3-4-12-14-7-19-20(25-10-24-19)8-16(14)21-9-15(12)13(11)6-18(17)23-2/h3-9H,10H2,1-2H3. The number of ether oxygens (including phenoxy) is 4. The van der Waals surface area contributed by atoms with E-state index >= 15 is 0 Å². The molecule has 0 saturated heterocycles. The van der Waals surface area contributed by atoms with Crippen molar-refractivity contribution in [2.75, 3.05) is 21.0 Å². The zero-order chi connectivity index (χ0) is 17.0. The first kappa shape index (κ1) is 14.2. The Morgan fingerprint density at radius 1 is 0.800 bits per heavy atom. The second-order valence-electron chi connectivity index (χ2n) is 5.94. The van der Waals surface area contributed by atoms with Crippen LogP contribution in [0.2, 0.25) is 0 Å². The molecule has 0 aliphatic carbocycles.